The number of nitriles is 1. The highest BCUT2D eigenvalue weighted by Crippen LogP contribution is 2.33. The lowest BCUT2D eigenvalue weighted by Crippen LogP contribution is -1.93. The first-order valence-corrected chi connectivity index (χ1v) is 5.82. The Hall–Kier alpha value is -2.06. The van der Waals surface area contributed by atoms with E-state index >= 15 is 0 Å². The Labute approximate surface area is 112 Å². The Morgan fingerprint density at radius 2 is 1.94 bits per heavy atom. The van der Waals surface area contributed by atoms with Crippen LogP contribution in [0.15, 0.2) is 40.9 Å². The van der Waals surface area contributed by atoms with Crippen LogP contribution in [-0.2, 0) is 0 Å². The Bertz CT molecular complexity index is 637. The van der Waals surface area contributed by atoms with E-state index in [4.69, 9.17) is 15.7 Å². The molecule has 0 aliphatic rings. The molecule has 5 heteroatoms. The number of ether oxygens (including phenoxy) is 1. The standard InChI is InChI=1S/C13H8BrFN2O/c14-10-5-8(7-16)1-4-12(10)18-13-6-9(15)2-3-11(13)17/h1-6H,17H2. The molecule has 2 aromatic carbocycles. The van der Waals surface area contributed by atoms with Crippen LogP contribution in [0.4, 0.5) is 10.1 Å². The van der Waals surface area contributed by atoms with Crippen molar-refractivity contribution in [3.8, 4) is 17.6 Å². The number of anilines is 1. The largest absolute Gasteiger partial charge is 0.454 e. The third kappa shape index (κ3) is 2.60. The van der Waals surface area contributed by atoms with Crippen molar-refractivity contribution in [1.82, 2.24) is 0 Å². The number of nitrogens with two attached hydrogens (primary N) is 1. The SMILES string of the molecule is N#Cc1ccc(Oc2cc(F)ccc2N)c(Br)c1. The van der Waals surface area contributed by atoms with E-state index in [1.54, 1.807) is 18.2 Å². The summed E-state index contributed by atoms with van der Waals surface area (Å²) >= 11 is 3.28. The minimum absolute atomic E-state index is 0.236. The molecule has 2 N–H and O–H groups in total. The van der Waals surface area contributed by atoms with Crippen LogP contribution in [0.25, 0.3) is 0 Å². The van der Waals surface area contributed by atoms with Gasteiger partial charge in [0.25, 0.3) is 0 Å². The minimum Gasteiger partial charge on any atom is -0.454 e. The van der Waals surface area contributed by atoms with Crippen molar-refractivity contribution in [2.45, 2.75) is 0 Å². The van der Waals surface area contributed by atoms with Gasteiger partial charge < -0.3 is 10.5 Å². The zero-order valence-electron chi connectivity index (χ0n) is 9.15. The summed E-state index contributed by atoms with van der Waals surface area (Å²) in [5.41, 5.74) is 6.53. The highest BCUT2D eigenvalue weighted by atomic mass is 79.9. The summed E-state index contributed by atoms with van der Waals surface area (Å²) in [4.78, 5) is 0. The van der Waals surface area contributed by atoms with Crippen LogP contribution in [0.2, 0.25) is 0 Å². The van der Waals surface area contributed by atoms with Gasteiger partial charge in [0.05, 0.1) is 21.8 Å². The number of nitrogen functional groups attached to an aromatic ring is 1. The van der Waals surface area contributed by atoms with Gasteiger partial charge in [0.15, 0.2) is 5.75 Å². The second-order valence-corrected chi connectivity index (χ2v) is 4.40. The Kier molecular flexibility index (Phi) is 3.49. The Morgan fingerprint density at radius 1 is 1.17 bits per heavy atom. The van der Waals surface area contributed by atoms with Gasteiger partial charge in [-0.05, 0) is 46.3 Å². The molecule has 0 amide bonds. The molecule has 18 heavy (non-hydrogen) atoms. The van der Waals surface area contributed by atoms with Gasteiger partial charge in [-0.25, -0.2) is 4.39 Å². The summed E-state index contributed by atoms with van der Waals surface area (Å²) in [5, 5.41) is 8.74. The fraction of sp³-hybridized carbons (Fsp3) is 0. The molecule has 0 atom stereocenters. The van der Waals surface area contributed by atoms with Crippen molar-refractivity contribution in [2.24, 2.45) is 0 Å². The quantitative estimate of drug-likeness (QED) is 0.858. The van der Waals surface area contributed by atoms with E-state index in [1.807, 2.05) is 6.07 Å². The third-order valence-corrected chi connectivity index (χ3v) is 2.88. The van der Waals surface area contributed by atoms with E-state index in [2.05, 4.69) is 15.9 Å². The van der Waals surface area contributed by atoms with Crippen LogP contribution in [0.1, 0.15) is 5.56 Å². The Morgan fingerprint density at radius 3 is 2.61 bits per heavy atom. The molecule has 0 aliphatic carbocycles. The first kappa shape index (κ1) is 12.4. The van der Waals surface area contributed by atoms with Crippen LogP contribution in [0, 0.1) is 17.1 Å². The molecule has 0 radical (unpaired) electrons. The maximum Gasteiger partial charge on any atom is 0.153 e. The third-order valence-electron chi connectivity index (χ3n) is 2.26. The summed E-state index contributed by atoms with van der Waals surface area (Å²) < 4.78 is 19.2. The number of halogens is 2. The predicted octanol–water partition coefficient (Wildman–Crippen LogP) is 3.83. The maximum atomic E-state index is 13.1. The van der Waals surface area contributed by atoms with Gasteiger partial charge in [-0.3, -0.25) is 0 Å². The lowest BCUT2D eigenvalue weighted by atomic mass is 10.2. The molecule has 0 heterocycles. The van der Waals surface area contributed by atoms with E-state index in [1.165, 1.54) is 18.2 Å². The number of hydrogen-bond acceptors (Lipinski definition) is 3. The van der Waals surface area contributed by atoms with E-state index in [0.29, 0.717) is 21.5 Å². The van der Waals surface area contributed by atoms with Gasteiger partial charge in [0.1, 0.15) is 11.6 Å². The molecule has 0 spiro atoms. The molecule has 0 unspecified atom stereocenters. The monoisotopic (exact) mass is 306 g/mol. The predicted molar refractivity (Wildman–Crippen MR) is 69.7 cm³/mol. The van der Waals surface area contributed by atoms with Crippen LogP contribution >= 0.6 is 15.9 Å². The molecule has 0 saturated carbocycles. The average Bonchev–Trinajstić information content (AvgIpc) is 2.36. The van der Waals surface area contributed by atoms with Crippen LogP contribution in [0.3, 0.4) is 0 Å². The van der Waals surface area contributed by atoms with Gasteiger partial charge >= 0.3 is 0 Å². The van der Waals surface area contributed by atoms with Gasteiger partial charge in [0, 0.05) is 6.07 Å². The zero-order valence-corrected chi connectivity index (χ0v) is 10.7. The summed E-state index contributed by atoms with van der Waals surface area (Å²) in [5.74, 6) is 0.274. The summed E-state index contributed by atoms with van der Waals surface area (Å²) in [6.07, 6.45) is 0. The van der Waals surface area contributed by atoms with Crippen molar-refractivity contribution in [3.63, 3.8) is 0 Å². The summed E-state index contributed by atoms with van der Waals surface area (Å²) in [7, 11) is 0. The normalized spacial score (nSPS) is 9.83. The summed E-state index contributed by atoms with van der Waals surface area (Å²) in [6.45, 7) is 0. The molecule has 0 fully saturated rings. The van der Waals surface area contributed by atoms with E-state index in [9.17, 15) is 4.39 Å². The van der Waals surface area contributed by atoms with Crippen LogP contribution < -0.4 is 10.5 Å². The Balaban J connectivity index is 2.34. The molecular weight excluding hydrogens is 299 g/mol. The molecule has 90 valence electrons. The van der Waals surface area contributed by atoms with E-state index < -0.39 is 5.82 Å². The maximum absolute atomic E-state index is 13.1. The molecule has 0 bridgehead atoms. The lowest BCUT2D eigenvalue weighted by Gasteiger charge is -2.10. The van der Waals surface area contributed by atoms with Gasteiger partial charge in [0.2, 0.25) is 0 Å². The minimum atomic E-state index is -0.427. The molecule has 2 aromatic rings. The van der Waals surface area contributed by atoms with Gasteiger partial charge in [-0.15, -0.1) is 0 Å². The number of benzene rings is 2. The fourth-order valence-electron chi connectivity index (χ4n) is 1.37. The highest BCUT2D eigenvalue weighted by Gasteiger charge is 2.07. The number of rotatable bonds is 2. The van der Waals surface area contributed by atoms with Crippen molar-refractivity contribution < 1.29 is 9.13 Å². The van der Waals surface area contributed by atoms with Crippen LogP contribution in [0.5, 0.6) is 11.5 Å². The molecule has 0 aliphatic heterocycles. The van der Waals surface area contributed by atoms with E-state index in [-0.39, 0.29) is 5.75 Å². The van der Waals surface area contributed by atoms with Crippen molar-refractivity contribution >= 4 is 21.6 Å². The molecular formula is C13H8BrFN2O. The van der Waals surface area contributed by atoms with Crippen molar-refractivity contribution in [2.75, 3.05) is 5.73 Å². The van der Waals surface area contributed by atoms with Crippen molar-refractivity contribution in [3.05, 3.63) is 52.3 Å². The van der Waals surface area contributed by atoms with Crippen molar-refractivity contribution in [1.29, 1.82) is 5.26 Å². The second kappa shape index (κ2) is 5.07. The highest BCUT2D eigenvalue weighted by molar-refractivity contribution is 9.10. The zero-order chi connectivity index (χ0) is 13.1. The van der Waals surface area contributed by atoms with Crippen LogP contribution in [-0.4, -0.2) is 0 Å². The van der Waals surface area contributed by atoms with E-state index in [0.717, 1.165) is 0 Å². The topological polar surface area (TPSA) is 59.0 Å². The lowest BCUT2D eigenvalue weighted by molar-refractivity contribution is 0.476. The second-order valence-electron chi connectivity index (χ2n) is 3.54. The first-order valence-electron chi connectivity index (χ1n) is 5.02. The molecule has 0 aromatic heterocycles. The fourth-order valence-corrected chi connectivity index (χ4v) is 1.83. The average molecular weight is 307 g/mol. The van der Waals surface area contributed by atoms with Gasteiger partial charge in [-0.2, -0.15) is 5.26 Å². The first-order chi connectivity index (χ1) is 8.60. The number of hydrogen-bond donors (Lipinski definition) is 1. The smallest absolute Gasteiger partial charge is 0.153 e. The molecule has 3 nitrogen and oxygen atoms in total. The van der Waals surface area contributed by atoms with Gasteiger partial charge in [-0.1, -0.05) is 0 Å². The summed E-state index contributed by atoms with van der Waals surface area (Å²) in [6, 6.07) is 10.8. The number of nitrogens with zero attached hydrogens (tertiary/aromatic N) is 1. The molecule has 2 rings (SSSR count). The molecule has 0 saturated heterocycles.